The van der Waals surface area contributed by atoms with Gasteiger partial charge in [-0.15, -0.1) is 24.0 Å². The van der Waals surface area contributed by atoms with Crippen LogP contribution in [-0.2, 0) is 13.1 Å². The number of guanidine groups is 1. The van der Waals surface area contributed by atoms with Crippen molar-refractivity contribution in [1.82, 2.24) is 34.9 Å². The van der Waals surface area contributed by atoms with E-state index in [0.717, 1.165) is 50.1 Å². The number of piperidine rings is 1. The standard InChI is InChI=1S/C20H26N8.HI/c1-21-20(27-10-7-17(8-11-27)19-24-15-25-26-19)23-13-18-22-9-12-28(18)14-16-5-3-2-4-6-16;/h2-6,9,12,15,17H,7-8,10-11,13-14H2,1H3,(H,21,23)(H,24,25,26);1H. The van der Waals surface area contributed by atoms with E-state index in [4.69, 9.17) is 0 Å². The minimum absolute atomic E-state index is 0. The topological polar surface area (TPSA) is 87.0 Å². The zero-order valence-electron chi connectivity index (χ0n) is 16.5. The third-order valence-corrected chi connectivity index (χ3v) is 5.23. The average molecular weight is 506 g/mol. The van der Waals surface area contributed by atoms with Crippen LogP contribution >= 0.6 is 24.0 Å². The maximum Gasteiger partial charge on any atom is 0.194 e. The van der Waals surface area contributed by atoms with Crippen molar-refractivity contribution in [3.05, 3.63) is 66.3 Å². The molecule has 8 nitrogen and oxygen atoms in total. The normalized spacial score (nSPS) is 15.2. The molecule has 29 heavy (non-hydrogen) atoms. The fraction of sp³-hybridized carbons (Fsp3) is 0.400. The number of imidazole rings is 1. The van der Waals surface area contributed by atoms with E-state index < -0.39 is 0 Å². The third kappa shape index (κ3) is 5.34. The summed E-state index contributed by atoms with van der Waals surface area (Å²) in [7, 11) is 1.83. The van der Waals surface area contributed by atoms with Crippen LogP contribution < -0.4 is 5.32 Å². The highest BCUT2D eigenvalue weighted by molar-refractivity contribution is 14.0. The van der Waals surface area contributed by atoms with Crippen molar-refractivity contribution in [2.45, 2.75) is 31.8 Å². The summed E-state index contributed by atoms with van der Waals surface area (Å²) < 4.78 is 2.17. The van der Waals surface area contributed by atoms with Gasteiger partial charge in [0.05, 0.1) is 6.54 Å². The first-order chi connectivity index (χ1) is 13.8. The van der Waals surface area contributed by atoms with Gasteiger partial charge in [-0.05, 0) is 18.4 Å². The summed E-state index contributed by atoms with van der Waals surface area (Å²) in [5, 5.41) is 10.4. The molecule has 3 aromatic rings. The van der Waals surface area contributed by atoms with Gasteiger partial charge in [-0.3, -0.25) is 10.1 Å². The van der Waals surface area contributed by atoms with Crippen LogP contribution in [0.25, 0.3) is 0 Å². The van der Waals surface area contributed by atoms with Crippen LogP contribution in [0.4, 0.5) is 0 Å². The number of aromatic nitrogens is 5. The van der Waals surface area contributed by atoms with Crippen LogP contribution in [0, 0.1) is 0 Å². The van der Waals surface area contributed by atoms with E-state index in [-0.39, 0.29) is 24.0 Å². The van der Waals surface area contributed by atoms with Gasteiger partial charge in [0, 0.05) is 45.0 Å². The molecule has 0 bridgehead atoms. The zero-order valence-corrected chi connectivity index (χ0v) is 18.9. The first-order valence-electron chi connectivity index (χ1n) is 9.68. The summed E-state index contributed by atoms with van der Waals surface area (Å²) in [5.41, 5.74) is 1.26. The van der Waals surface area contributed by atoms with E-state index in [0.29, 0.717) is 12.5 Å². The highest BCUT2D eigenvalue weighted by Crippen LogP contribution is 2.24. The molecule has 0 amide bonds. The van der Waals surface area contributed by atoms with Crippen molar-refractivity contribution in [2.24, 2.45) is 4.99 Å². The number of nitrogens with one attached hydrogen (secondary N) is 2. The lowest BCUT2D eigenvalue weighted by molar-refractivity contribution is 0.298. The summed E-state index contributed by atoms with van der Waals surface area (Å²) in [6.07, 6.45) is 7.54. The molecule has 1 saturated heterocycles. The second-order valence-electron chi connectivity index (χ2n) is 6.99. The number of aliphatic imine (C=N–C) groups is 1. The van der Waals surface area contributed by atoms with Crippen LogP contribution in [0.1, 0.15) is 36.0 Å². The van der Waals surface area contributed by atoms with Crippen LogP contribution in [-0.4, -0.2) is 55.7 Å². The Morgan fingerprint density at radius 1 is 1.21 bits per heavy atom. The Kier molecular flexibility index (Phi) is 7.62. The second-order valence-corrected chi connectivity index (χ2v) is 6.99. The molecule has 0 spiro atoms. The molecule has 1 aliphatic rings. The first kappa shape index (κ1) is 21.3. The van der Waals surface area contributed by atoms with Gasteiger partial charge in [0.25, 0.3) is 0 Å². The highest BCUT2D eigenvalue weighted by Gasteiger charge is 2.24. The number of nitrogens with zero attached hydrogens (tertiary/aromatic N) is 6. The summed E-state index contributed by atoms with van der Waals surface area (Å²) in [6.45, 7) is 3.36. The minimum atomic E-state index is 0. The maximum atomic E-state index is 4.52. The van der Waals surface area contributed by atoms with E-state index in [1.165, 1.54) is 5.56 Å². The Hall–Kier alpha value is -2.43. The van der Waals surface area contributed by atoms with Crippen LogP contribution in [0.5, 0.6) is 0 Å². The second kappa shape index (κ2) is 10.4. The third-order valence-electron chi connectivity index (χ3n) is 5.23. The Labute approximate surface area is 187 Å². The number of likely N-dealkylation sites (tertiary alicyclic amines) is 1. The molecule has 154 valence electrons. The van der Waals surface area contributed by atoms with Gasteiger partial charge in [-0.25, -0.2) is 9.97 Å². The first-order valence-corrected chi connectivity index (χ1v) is 9.68. The van der Waals surface area contributed by atoms with E-state index in [1.807, 2.05) is 25.5 Å². The molecule has 2 N–H and O–H groups in total. The minimum Gasteiger partial charge on any atom is -0.349 e. The van der Waals surface area contributed by atoms with Crippen molar-refractivity contribution < 1.29 is 0 Å². The maximum absolute atomic E-state index is 4.52. The van der Waals surface area contributed by atoms with Crippen molar-refractivity contribution in [3.8, 4) is 0 Å². The largest absolute Gasteiger partial charge is 0.349 e. The van der Waals surface area contributed by atoms with Crippen molar-refractivity contribution in [1.29, 1.82) is 0 Å². The molecular weight excluding hydrogens is 479 g/mol. The fourth-order valence-electron chi connectivity index (χ4n) is 3.70. The van der Waals surface area contributed by atoms with E-state index >= 15 is 0 Å². The number of H-pyrrole nitrogens is 1. The van der Waals surface area contributed by atoms with Gasteiger partial charge in [0.2, 0.25) is 0 Å². The number of halogens is 1. The molecule has 3 heterocycles. The summed E-state index contributed by atoms with van der Waals surface area (Å²) in [4.78, 5) is 15.6. The molecule has 0 aliphatic carbocycles. The van der Waals surface area contributed by atoms with Gasteiger partial charge in [-0.1, -0.05) is 30.3 Å². The van der Waals surface area contributed by atoms with Gasteiger partial charge in [0.1, 0.15) is 18.0 Å². The number of rotatable bonds is 5. The summed E-state index contributed by atoms with van der Waals surface area (Å²) >= 11 is 0. The Bertz CT molecular complexity index is 882. The molecule has 0 radical (unpaired) electrons. The molecule has 1 aliphatic heterocycles. The summed E-state index contributed by atoms with van der Waals surface area (Å²) in [5.74, 6) is 3.36. The monoisotopic (exact) mass is 506 g/mol. The number of benzene rings is 1. The highest BCUT2D eigenvalue weighted by atomic mass is 127. The Morgan fingerprint density at radius 3 is 2.69 bits per heavy atom. The SMILES string of the molecule is CN=C(NCc1nccn1Cc1ccccc1)N1CCC(c2ncn[nH]2)CC1.I. The Balaban J connectivity index is 0.00000240. The zero-order chi connectivity index (χ0) is 19.2. The molecule has 1 fully saturated rings. The smallest absolute Gasteiger partial charge is 0.194 e. The Morgan fingerprint density at radius 2 is 2.00 bits per heavy atom. The van der Waals surface area contributed by atoms with Crippen molar-refractivity contribution >= 4 is 29.9 Å². The van der Waals surface area contributed by atoms with Crippen LogP contribution in [0.3, 0.4) is 0 Å². The van der Waals surface area contributed by atoms with E-state index in [1.54, 1.807) is 6.33 Å². The molecule has 0 unspecified atom stereocenters. The van der Waals surface area contributed by atoms with Crippen LogP contribution in [0.2, 0.25) is 0 Å². The summed E-state index contributed by atoms with van der Waals surface area (Å²) in [6, 6.07) is 10.4. The van der Waals surface area contributed by atoms with Gasteiger partial charge in [-0.2, -0.15) is 5.10 Å². The number of aromatic amines is 1. The van der Waals surface area contributed by atoms with Crippen molar-refractivity contribution in [2.75, 3.05) is 20.1 Å². The van der Waals surface area contributed by atoms with E-state index in [2.05, 4.69) is 64.2 Å². The lowest BCUT2D eigenvalue weighted by Gasteiger charge is -2.33. The molecular formula is C20H27IN8. The fourth-order valence-corrected chi connectivity index (χ4v) is 3.70. The predicted octanol–water partition coefficient (Wildman–Crippen LogP) is 2.62. The van der Waals surface area contributed by atoms with Gasteiger partial charge in [0.15, 0.2) is 5.96 Å². The number of hydrogen-bond acceptors (Lipinski definition) is 4. The molecule has 0 atom stereocenters. The predicted molar refractivity (Wildman–Crippen MR) is 123 cm³/mol. The van der Waals surface area contributed by atoms with Gasteiger partial charge < -0.3 is 14.8 Å². The van der Waals surface area contributed by atoms with E-state index in [9.17, 15) is 0 Å². The molecule has 9 heteroatoms. The lowest BCUT2D eigenvalue weighted by Crippen LogP contribution is -2.45. The molecule has 2 aromatic heterocycles. The molecule has 1 aromatic carbocycles. The quantitative estimate of drug-likeness (QED) is 0.316. The lowest BCUT2D eigenvalue weighted by atomic mass is 9.96. The number of hydrogen-bond donors (Lipinski definition) is 2. The van der Waals surface area contributed by atoms with Gasteiger partial charge >= 0.3 is 0 Å². The van der Waals surface area contributed by atoms with Crippen LogP contribution in [0.15, 0.2) is 54.0 Å². The average Bonchev–Trinajstić information content (AvgIpc) is 3.42. The molecule has 4 rings (SSSR count). The van der Waals surface area contributed by atoms with Crippen molar-refractivity contribution in [3.63, 3.8) is 0 Å². The molecule has 0 saturated carbocycles.